The minimum atomic E-state index is -0.446. The number of aliphatic hydroxyl groups is 1. The van der Waals surface area contributed by atoms with Crippen LogP contribution in [0.25, 0.3) is 11.2 Å². The minimum absolute atomic E-state index is 0.0163. The lowest BCUT2D eigenvalue weighted by molar-refractivity contribution is -0.118. The molecule has 11 nitrogen and oxygen atoms in total. The zero-order valence-electron chi connectivity index (χ0n) is 18.0. The van der Waals surface area contributed by atoms with E-state index >= 15 is 0 Å². The van der Waals surface area contributed by atoms with E-state index in [0.717, 1.165) is 0 Å². The van der Waals surface area contributed by atoms with Crippen molar-refractivity contribution in [2.45, 2.75) is 32.1 Å². The Hall–Kier alpha value is -3.75. The standard InChI is InChI=1S/C22H24N6O5/c1-14-10-18(33-16(14)11-29)28-13-24-19-20(28)26-22(27-21(19)31-9-5-8-23)25-17(30)12-32-15-6-3-2-4-7-15/h2-4,6-7,13-14,16,18,29H,5,9-12H2,1H3,(H,25,26,27,30)/t14-,16-,18-/m1/s1. The summed E-state index contributed by atoms with van der Waals surface area (Å²) in [7, 11) is 0. The van der Waals surface area contributed by atoms with Crippen molar-refractivity contribution in [1.82, 2.24) is 19.5 Å². The zero-order chi connectivity index (χ0) is 23.2. The number of nitriles is 1. The van der Waals surface area contributed by atoms with Crippen LogP contribution >= 0.6 is 0 Å². The fourth-order valence-electron chi connectivity index (χ4n) is 3.54. The number of anilines is 1. The van der Waals surface area contributed by atoms with Crippen LogP contribution in [0.15, 0.2) is 36.7 Å². The molecule has 0 radical (unpaired) electrons. The molecule has 1 saturated heterocycles. The number of amides is 1. The first kappa shape index (κ1) is 22.4. The molecule has 0 bridgehead atoms. The Balaban J connectivity index is 1.57. The molecule has 172 valence electrons. The highest BCUT2D eigenvalue weighted by molar-refractivity contribution is 5.91. The summed E-state index contributed by atoms with van der Waals surface area (Å²) in [5.41, 5.74) is 0.794. The average molecular weight is 452 g/mol. The van der Waals surface area contributed by atoms with Crippen molar-refractivity contribution in [3.05, 3.63) is 36.7 Å². The van der Waals surface area contributed by atoms with Crippen LogP contribution in [0, 0.1) is 17.2 Å². The molecule has 1 aliphatic rings. The van der Waals surface area contributed by atoms with Gasteiger partial charge in [-0.3, -0.25) is 14.7 Å². The number of hydrogen-bond acceptors (Lipinski definition) is 9. The summed E-state index contributed by atoms with van der Waals surface area (Å²) in [4.78, 5) is 25.5. The van der Waals surface area contributed by atoms with E-state index in [4.69, 9.17) is 19.5 Å². The molecular formula is C22H24N6O5. The summed E-state index contributed by atoms with van der Waals surface area (Å²) in [5.74, 6) is 0.437. The van der Waals surface area contributed by atoms with Crippen molar-refractivity contribution < 1.29 is 24.1 Å². The molecule has 1 aromatic carbocycles. The first-order chi connectivity index (χ1) is 16.1. The first-order valence-electron chi connectivity index (χ1n) is 10.6. The number of carbonyl (C=O) groups excluding carboxylic acids is 1. The topological polar surface area (TPSA) is 144 Å². The number of nitrogens with one attached hydrogen (secondary N) is 1. The number of fused-ring (bicyclic) bond motifs is 1. The van der Waals surface area contributed by atoms with E-state index in [-0.39, 0.29) is 56.3 Å². The third kappa shape index (κ3) is 5.19. The van der Waals surface area contributed by atoms with Crippen molar-refractivity contribution >= 4 is 23.0 Å². The lowest BCUT2D eigenvalue weighted by Crippen LogP contribution is -2.22. The number of aromatic nitrogens is 4. The molecule has 4 rings (SSSR count). The normalized spacial score (nSPS) is 19.8. The van der Waals surface area contributed by atoms with Gasteiger partial charge in [-0.25, -0.2) is 4.98 Å². The van der Waals surface area contributed by atoms with Crippen molar-refractivity contribution in [1.29, 1.82) is 5.26 Å². The van der Waals surface area contributed by atoms with Gasteiger partial charge >= 0.3 is 0 Å². The molecule has 3 aromatic rings. The number of imidazole rings is 1. The number of para-hydroxylation sites is 1. The van der Waals surface area contributed by atoms with Crippen LogP contribution in [0.4, 0.5) is 5.95 Å². The van der Waals surface area contributed by atoms with Crippen LogP contribution < -0.4 is 14.8 Å². The van der Waals surface area contributed by atoms with Gasteiger partial charge in [0.25, 0.3) is 5.91 Å². The van der Waals surface area contributed by atoms with Crippen LogP contribution in [-0.2, 0) is 9.53 Å². The van der Waals surface area contributed by atoms with Gasteiger partial charge in [0.15, 0.2) is 17.8 Å². The largest absolute Gasteiger partial charge is 0.484 e. The maximum atomic E-state index is 12.4. The summed E-state index contributed by atoms with van der Waals surface area (Å²) in [5, 5.41) is 21.0. The average Bonchev–Trinajstić information content (AvgIpc) is 3.41. The Labute approximate surface area is 189 Å². The molecule has 1 fully saturated rings. The van der Waals surface area contributed by atoms with E-state index in [9.17, 15) is 9.90 Å². The number of nitrogens with zero attached hydrogens (tertiary/aromatic N) is 5. The maximum absolute atomic E-state index is 12.4. The lowest BCUT2D eigenvalue weighted by Gasteiger charge is -2.15. The lowest BCUT2D eigenvalue weighted by atomic mass is 10.0. The third-order valence-corrected chi connectivity index (χ3v) is 5.24. The fraction of sp³-hybridized carbons (Fsp3) is 0.409. The van der Waals surface area contributed by atoms with Gasteiger partial charge in [0.2, 0.25) is 11.8 Å². The van der Waals surface area contributed by atoms with Crippen LogP contribution in [0.2, 0.25) is 0 Å². The van der Waals surface area contributed by atoms with Gasteiger partial charge in [-0.05, 0) is 24.5 Å². The van der Waals surface area contributed by atoms with Crippen molar-refractivity contribution in [3.63, 3.8) is 0 Å². The predicted molar refractivity (Wildman–Crippen MR) is 116 cm³/mol. The van der Waals surface area contributed by atoms with Gasteiger partial charge < -0.3 is 19.3 Å². The van der Waals surface area contributed by atoms with Crippen LogP contribution in [-0.4, -0.2) is 56.5 Å². The predicted octanol–water partition coefficient (Wildman–Crippen LogP) is 2.05. The number of ether oxygens (including phenoxy) is 3. The first-order valence-corrected chi connectivity index (χ1v) is 10.6. The Morgan fingerprint density at radius 2 is 2.15 bits per heavy atom. The molecule has 1 amide bonds. The number of rotatable bonds is 9. The molecule has 11 heteroatoms. The van der Waals surface area contributed by atoms with Gasteiger partial charge in [-0.1, -0.05) is 25.1 Å². The van der Waals surface area contributed by atoms with Gasteiger partial charge in [0, 0.05) is 0 Å². The summed E-state index contributed by atoms with van der Waals surface area (Å²) < 4.78 is 18.8. The Morgan fingerprint density at radius 3 is 2.88 bits per heavy atom. The molecule has 3 heterocycles. The second-order valence-corrected chi connectivity index (χ2v) is 7.61. The molecular weight excluding hydrogens is 428 g/mol. The van der Waals surface area contributed by atoms with E-state index in [1.807, 2.05) is 31.2 Å². The molecule has 33 heavy (non-hydrogen) atoms. The van der Waals surface area contributed by atoms with E-state index in [2.05, 4.69) is 20.3 Å². The van der Waals surface area contributed by atoms with E-state index in [1.165, 1.54) is 0 Å². The number of benzene rings is 1. The molecule has 2 N–H and O–H groups in total. The monoisotopic (exact) mass is 452 g/mol. The highest BCUT2D eigenvalue weighted by Crippen LogP contribution is 2.35. The Bertz CT molecular complexity index is 1150. The Kier molecular flexibility index (Phi) is 6.97. The van der Waals surface area contributed by atoms with E-state index in [1.54, 1.807) is 23.0 Å². The molecule has 2 aromatic heterocycles. The molecule has 0 aliphatic carbocycles. The summed E-state index contributed by atoms with van der Waals surface area (Å²) >= 11 is 0. The highest BCUT2D eigenvalue weighted by atomic mass is 16.5. The van der Waals surface area contributed by atoms with Crippen LogP contribution in [0.5, 0.6) is 11.6 Å². The van der Waals surface area contributed by atoms with Crippen LogP contribution in [0.3, 0.4) is 0 Å². The highest BCUT2D eigenvalue weighted by Gasteiger charge is 2.34. The second kappa shape index (κ2) is 10.2. The van der Waals surface area contributed by atoms with Gasteiger partial charge in [0.1, 0.15) is 18.6 Å². The molecule has 0 unspecified atom stereocenters. The van der Waals surface area contributed by atoms with E-state index < -0.39 is 5.91 Å². The van der Waals surface area contributed by atoms with Gasteiger partial charge in [-0.2, -0.15) is 15.2 Å². The molecule has 0 spiro atoms. The quantitative estimate of drug-likeness (QED) is 0.466. The minimum Gasteiger partial charge on any atom is -0.484 e. The van der Waals surface area contributed by atoms with Crippen molar-refractivity contribution in [2.75, 3.05) is 25.1 Å². The van der Waals surface area contributed by atoms with Gasteiger partial charge in [0.05, 0.1) is 31.5 Å². The summed E-state index contributed by atoms with van der Waals surface area (Å²) in [6.45, 7) is 1.81. The van der Waals surface area contributed by atoms with Crippen molar-refractivity contribution in [2.24, 2.45) is 5.92 Å². The van der Waals surface area contributed by atoms with Gasteiger partial charge in [-0.15, -0.1) is 0 Å². The smallest absolute Gasteiger partial charge is 0.264 e. The SMILES string of the molecule is C[C@@H]1C[C@H](n2cnc3c(OCCC#N)nc(NC(=O)COc4ccccc4)nc32)O[C@@H]1CO. The van der Waals surface area contributed by atoms with Crippen molar-refractivity contribution in [3.8, 4) is 17.7 Å². The fourth-order valence-corrected chi connectivity index (χ4v) is 3.54. The number of aliphatic hydroxyl groups excluding tert-OH is 1. The summed E-state index contributed by atoms with van der Waals surface area (Å²) in [6.07, 6.45) is 1.74. The van der Waals surface area contributed by atoms with Crippen LogP contribution in [0.1, 0.15) is 26.0 Å². The third-order valence-electron chi connectivity index (χ3n) is 5.24. The summed E-state index contributed by atoms with van der Waals surface area (Å²) in [6, 6.07) is 11.0. The molecule has 0 saturated carbocycles. The molecule has 3 atom stereocenters. The molecule has 1 aliphatic heterocycles. The number of hydrogen-bond donors (Lipinski definition) is 2. The van der Waals surface area contributed by atoms with E-state index in [0.29, 0.717) is 23.3 Å². The maximum Gasteiger partial charge on any atom is 0.264 e. The second-order valence-electron chi connectivity index (χ2n) is 7.61. The zero-order valence-corrected chi connectivity index (χ0v) is 18.0. The Morgan fingerprint density at radius 1 is 1.33 bits per heavy atom. The number of carbonyl (C=O) groups is 1.